The molecule has 1 amide bonds. The molecular weight excluding hydrogens is 304 g/mol. The number of amides is 1. The summed E-state index contributed by atoms with van der Waals surface area (Å²) in [5.74, 6) is -0.356. The summed E-state index contributed by atoms with van der Waals surface area (Å²) >= 11 is 3.22. The van der Waals surface area contributed by atoms with Crippen LogP contribution in [0.4, 0.5) is 5.69 Å². The zero-order valence-electron chi connectivity index (χ0n) is 9.47. The highest BCUT2D eigenvalue weighted by Gasteiger charge is 2.23. The van der Waals surface area contributed by atoms with Crippen LogP contribution in [0.2, 0.25) is 0 Å². The highest BCUT2D eigenvalue weighted by Crippen LogP contribution is 2.24. The lowest BCUT2D eigenvalue weighted by Crippen LogP contribution is -2.35. The van der Waals surface area contributed by atoms with E-state index in [4.69, 9.17) is 4.84 Å². The number of nitro groups is 1. The summed E-state index contributed by atoms with van der Waals surface area (Å²) in [5.41, 5.74) is 0.129. The topological polar surface area (TPSA) is 72.7 Å². The molecule has 2 rings (SSSR count). The Bertz CT molecular complexity index is 486. The predicted molar refractivity (Wildman–Crippen MR) is 67.0 cm³/mol. The van der Waals surface area contributed by atoms with Crippen molar-refractivity contribution in [2.75, 3.05) is 13.2 Å². The molecule has 0 saturated carbocycles. The second-order valence-corrected chi connectivity index (χ2v) is 4.72. The summed E-state index contributed by atoms with van der Waals surface area (Å²) in [6, 6.07) is 4.09. The first kappa shape index (κ1) is 13.0. The molecular formula is C11H11BrN2O4. The minimum absolute atomic E-state index is 0.112. The fourth-order valence-electron chi connectivity index (χ4n) is 1.68. The van der Waals surface area contributed by atoms with Crippen LogP contribution in [-0.2, 0) is 4.84 Å². The number of non-ortho nitro benzene ring substituents is 1. The summed E-state index contributed by atoms with van der Waals surface area (Å²) in [5, 5.41) is 12.0. The van der Waals surface area contributed by atoms with Crippen molar-refractivity contribution in [1.82, 2.24) is 5.06 Å². The number of carbonyl (C=O) groups is 1. The zero-order valence-corrected chi connectivity index (χ0v) is 11.1. The normalized spacial score (nSPS) is 15.5. The maximum Gasteiger partial charge on any atom is 0.278 e. The highest BCUT2D eigenvalue weighted by molar-refractivity contribution is 9.10. The molecule has 6 nitrogen and oxygen atoms in total. The smallest absolute Gasteiger partial charge is 0.271 e. The van der Waals surface area contributed by atoms with Gasteiger partial charge >= 0.3 is 0 Å². The van der Waals surface area contributed by atoms with Crippen LogP contribution in [0.1, 0.15) is 23.2 Å². The Balaban J connectivity index is 2.28. The molecule has 0 aromatic heterocycles. The molecule has 1 saturated heterocycles. The van der Waals surface area contributed by atoms with Crippen molar-refractivity contribution in [3.05, 3.63) is 38.3 Å². The molecule has 0 bridgehead atoms. The fourth-order valence-corrected chi connectivity index (χ4v) is 2.10. The molecule has 0 spiro atoms. The predicted octanol–water partition coefficient (Wildman–Crippen LogP) is 2.52. The minimum Gasteiger partial charge on any atom is -0.271 e. The van der Waals surface area contributed by atoms with Gasteiger partial charge < -0.3 is 0 Å². The maximum atomic E-state index is 12.1. The van der Waals surface area contributed by atoms with E-state index < -0.39 is 4.92 Å². The van der Waals surface area contributed by atoms with Crippen LogP contribution in [-0.4, -0.2) is 29.0 Å². The van der Waals surface area contributed by atoms with E-state index in [0.717, 1.165) is 12.8 Å². The number of hydrogen-bond acceptors (Lipinski definition) is 4. The molecule has 0 radical (unpaired) electrons. The molecule has 96 valence electrons. The third kappa shape index (κ3) is 2.68. The number of nitrogens with zero attached hydrogens (tertiary/aromatic N) is 2. The van der Waals surface area contributed by atoms with Gasteiger partial charge in [0.05, 0.1) is 17.1 Å². The molecule has 7 heteroatoms. The van der Waals surface area contributed by atoms with Crippen molar-refractivity contribution in [2.24, 2.45) is 0 Å². The highest BCUT2D eigenvalue weighted by atomic mass is 79.9. The standard InChI is InChI=1S/C11H11BrN2O4/c12-10-4-3-8(14(16)17)7-9(10)11(15)13-5-1-2-6-18-13/h3-4,7H,1-2,5-6H2. The van der Waals surface area contributed by atoms with Crippen LogP contribution in [0.5, 0.6) is 0 Å². The van der Waals surface area contributed by atoms with E-state index in [9.17, 15) is 14.9 Å². The van der Waals surface area contributed by atoms with Gasteiger partial charge in [-0.15, -0.1) is 0 Å². The van der Waals surface area contributed by atoms with E-state index in [1.54, 1.807) is 0 Å². The lowest BCUT2D eigenvalue weighted by atomic mass is 10.2. The zero-order chi connectivity index (χ0) is 13.1. The van der Waals surface area contributed by atoms with E-state index in [-0.39, 0.29) is 17.2 Å². The molecule has 0 N–H and O–H groups in total. The molecule has 0 unspecified atom stereocenters. The van der Waals surface area contributed by atoms with E-state index >= 15 is 0 Å². The van der Waals surface area contributed by atoms with Gasteiger partial charge in [-0.3, -0.25) is 19.7 Å². The minimum atomic E-state index is -0.527. The van der Waals surface area contributed by atoms with Crippen LogP contribution < -0.4 is 0 Å². The van der Waals surface area contributed by atoms with Crippen molar-refractivity contribution < 1.29 is 14.6 Å². The van der Waals surface area contributed by atoms with E-state index in [2.05, 4.69) is 15.9 Å². The van der Waals surface area contributed by atoms with Crippen LogP contribution in [0, 0.1) is 10.1 Å². The van der Waals surface area contributed by atoms with Gasteiger partial charge in [0.2, 0.25) is 0 Å². The Morgan fingerprint density at radius 1 is 1.44 bits per heavy atom. The molecule has 18 heavy (non-hydrogen) atoms. The number of hydrogen-bond donors (Lipinski definition) is 0. The second kappa shape index (κ2) is 5.45. The van der Waals surface area contributed by atoms with Crippen molar-refractivity contribution in [2.45, 2.75) is 12.8 Å². The lowest BCUT2D eigenvalue weighted by molar-refractivity contribution is -0.384. The van der Waals surface area contributed by atoms with Gasteiger partial charge in [0.25, 0.3) is 11.6 Å². The Morgan fingerprint density at radius 2 is 2.22 bits per heavy atom. The first-order chi connectivity index (χ1) is 8.59. The number of hydroxylamine groups is 2. The fraction of sp³-hybridized carbons (Fsp3) is 0.364. The first-order valence-corrected chi connectivity index (χ1v) is 6.27. The van der Waals surface area contributed by atoms with Gasteiger partial charge in [0.1, 0.15) is 0 Å². The molecule has 1 aromatic rings. The van der Waals surface area contributed by atoms with Gasteiger partial charge in [-0.2, -0.15) is 0 Å². The molecule has 0 aliphatic carbocycles. The quantitative estimate of drug-likeness (QED) is 0.621. The van der Waals surface area contributed by atoms with Crippen molar-refractivity contribution in [1.29, 1.82) is 0 Å². The van der Waals surface area contributed by atoms with Crippen LogP contribution >= 0.6 is 15.9 Å². The average molecular weight is 315 g/mol. The Hall–Kier alpha value is -1.47. The van der Waals surface area contributed by atoms with Gasteiger partial charge in [0, 0.05) is 23.2 Å². The summed E-state index contributed by atoms with van der Waals surface area (Å²) in [4.78, 5) is 27.6. The number of nitro benzene ring substituents is 1. The van der Waals surface area contributed by atoms with E-state index in [1.807, 2.05) is 0 Å². The SMILES string of the molecule is O=C(c1cc([N+](=O)[O-])ccc1Br)N1CCCCO1. The number of benzene rings is 1. The van der Waals surface area contributed by atoms with E-state index in [0.29, 0.717) is 17.6 Å². The summed E-state index contributed by atoms with van der Waals surface area (Å²) in [6.45, 7) is 1.01. The summed E-state index contributed by atoms with van der Waals surface area (Å²) in [7, 11) is 0. The van der Waals surface area contributed by atoms with Gasteiger partial charge in [-0.1, -0.05) is 0 Å². The van der Waals surface area contributed by atoms with Crippen LogP contribution in [0.3, 0.4) is 0 Å². The van der Waals surface area contributed by atoms with Crippen molar-refractivity contribution >= 4 is 27.5 Å². The third-order valence-electron chi connectivity index (χ3n) is 2.62. The largest absolute Gasteiger partial charge is 0.278 e. The van der Waals surface area contributed by atoms with Crippen LogP contribution in [0.15, 0.2) is 22.7 Å². The summed E-state index contributed by atoms with van der Waals surface area (Å²) in [6.07, 6.45) is 1.79. The third-order valence-corrected chi connectivity index (χ3v) is 3.31. The van der Waals surface area contributed by atoms with Gasteiger partial charge in [0.15, 0.2) is 0 Å². The number of carbonyl (C=O) groups excluding carboxylic acids is 1. The first-order valence-electron chi connectivity index (χ1n) is 5.48. The molecule has 1 fully saturated rings. The summed E-state index contributed by atoms with van der Waals surface area (Å²) < 4.78 is 0.521. The number of halogens is 1. The Labute approximate surface area is 112 Å². The molecule has 1 heterocycles. The molecule has 1 aliphatic rings. The van der Waals surface area contributed by atoms with Gasteiger partial charge in [-0.05, 0) is 34.8 Å². The van der Waals surface area contributed by atoms with Gasteiger partial charge in [-0.25, -0.2) is 5.06 Å². The Kier molecular flexibility index (Phi) is 3.93. The number of rotatable bonds is 2. The van der Waals surface area contributed by atoms with E-state index in [1.165, 1.54) is 23.3 Å². The second-order valence-electron chi connectivity index (χ2n) is 3.87. The Morgan fingerprint density at radius 3 is 2.83 bits per heavy atom. The molecule has 1 aromatic carbocycles. The molecule has 1 aliphatic heterocycles. The van der Waals surface area contributed by atoms with Crippen molar-refractivity contribution in [3.63, 3.8) is 0 Å². The monoisotopic (exact) mass is 314 g/mol. The maximum absolute atomic E-state index is 12.1. The lowest BCUT2D eigenvalue weighted by Gasteiger charge is -2.26. The van der Waals surface area contributed by atoms with Crippen molar-refractivity contribution in [3.8, 4) is 0 Å². The molecule has 0 atom stereocenters. The average Bonchev–Trinajstić information content (AvgIpc) is 2.39. The van der Waals surface area contributed by atoms with Crippen LogP contribution in [0.25, 0.3) is 0 Å².